The zero-order valence-electron chi connectivity index (χ0n) is 29.5. The highest BCUT2D eigenvalue weighted by molar-refractivity contribution is 5.95. The van der Waals surface area contributed by atoms with Crippen molar-refractivity contribution < 1.29 is 38.1 Å². The van der Waals surface area contributed by atoms with Gasteiger partial charge in [-0.25, -0.2) is 4.79 Å². The number of aromatic nitrogens is 2. The summed E-state index contributed by atoms with van der Waals surface area (Å²) in [6.45, 7) is 4.36. The maximum absolute atomic E-state index is 14.1. The van der Waals surface area contributed by atoms with Crippen LogP contribution in [0.4, 0.5) is 0 Å². The first-order valence-corrected chi connectivity index (χ1v) is 16.9. The number of rotatable bonds is 4. The summed E-state index contributed by atoms with van der Waals surface area (Å²) in [6.07, 6.45) is 0.403. The summed E-state index contributed by atoms with van der Waals surface area (Å²) >= 11 is 0. The Hall–Kier alpha value is -6.05. The van der Waals surface area contributed by atoms with E-state index in [0.29, 0.717) is 57.0 Å². The standard InChI is InChI=1S/C38H41N5O9/c1-24-19-25(2)43(37(47)41-24)23-34(44)42-16-13-38(14-17-42)36(46)40-22-27-5-7-30(21-32(27)49-4)51-33-20-26(6-12-31(33)48-3)35(45)39-15-18-50-28-8-10-29(52-38)11-9-28/h5-12,19-21H,13-18,22-23H2,1-4H3,(H,39,45)(H,40,46). The topological polar surface area (TPSA) is 160 Å². The molecule has 0 aliphatic carbocycles. The predicted molar refractivity (Wildman–Crippen MR) is 189 cm³/mol. The normalized spacial score (nSPS) is 16.0. The van der Waals surface area contributed by atoms with Gasteiger partial charge in [0.1, 0.15) is 36.1 Å². The van der Waals surface area contributed by atoms with E-state index < -0.39 is 11.3 Å². The molecule has 272 valence electrons. The van der Waals surface area contributed by atoms with Crippen molar-refractivity contribution in [1.82, 2.24) is 25.1 Å². The Labute approximate surface area is 300 Å². The van der Waals surface area contributed by atoms with Crippen LogP contribution in [0.25, 0.3) is 0 Å². The minimum absolute atomic E-state index is 0.115. The molecule has 0 radical (unpaired) electrons. The minimum Gasteiger partial charge on any atom is -0.496 e. The Balaban J connectivity index is 1.25. The monoisotopic (exact) mass is 711 g/mol. The summed E-state index contributed by atoms with van der Waals surface area (Å²) in [5.74, 6) is 1.75. The van der Waals surface area contributed by atoms with Gasteiger partial charge in [-0.3, -0.25) is 19.0 Å². The summed E-state index contributed by atoms with van der Waals surface area (Å²) in [6, 6.07) is 18.7. The number of nitrogens with zero attached hydrogens (tertiary/aromatic N) is 3. The molecule has 5 aliphatic rings. The highest BCUT2D eigenvalue weighted by atomic mass is 16.5. The van der Waals surface area contributed by atoms with Gasteiger partial charge < -0.3 is 39.2 Å². The van der Waals surface area contributed by atoms with E-state index in [-0.39, 0.29) is 69.9 Å². The molecule has 0 atom stereocenters. The number of methoxy groups -OCH3 is 2. The molecule has 0 unspecified atom stereocenters. The first-order chi connectivity index (χ1) is 25.1. The highest BCUT2D eigenvalue weighted by Gasteiger charge is 2.45. The lowest BCUT2D eigenvalue weighted by Crippen LogP contribution is -2.58. The minimum atomic E-state index is -1.31. The Morgan fingerprint density at radius 3 is 2.29 bits per heavy atom. The predicted octanol–water partition coefficient (Wildman–Crippen LogP) is 3.55. The molecule has 3 amide bonds. The molecule has 1 aromatic heterocycles. The van der Waals surface area contributed by atoms with Crippen molar-refractivity contribution in [2.45, 2.75) is 45.4 Å². The number of piperidine rings is 1. The average Bonchev–Trinajstić information content (AvgIpc) is 3.14. The Bertz CT molecular complexity index is 2020. The van der Waals surface area contributed by atoms with Crippen molar-refractivity contribution in [2.24, 2.45) is 0 Å². The summed E-state index contributed by atoms with van der Waals surface area (Å²) in [7, 11) is 3.03. The van der Waals surface area contributed by atoms with E-state index in [9.17, 15) is 19.2 Å². The number of likely N-dealkylation sites (tertiary alicyclic amines) is 1. The third kappa shape index (κ3) is 7.96. The smallest absolute Gasteiger partial charge is 0.348 e. The van der Waals surface area contributed by atoms with Gasteiger partial charge in [0.05, 0.1) is 20.8 Å². The van der Waals surface area contributed by atoms with Crippen LogP contribution in [0, 0.1) is 13.8 Å². The Morgan fingerprint density at radius 1 is 0.865 bits per heavy atom. The van der Waals surface area contributed by atoms with Gasteiger partial charge in [-0.05, 0) is 74.5 Å². The summed E-state index contributed by atoms with van der Waals surface area (Å²) < 4.78 is 30.9. The zero-order valence-corrected chi connectivity index (χ0v) is 29.5. The maximum Gasteiger partial charge on any atom is 0.348 e. The Kier molecular flexibility index (Phi) is 10.6. The van der Waals surface area contributed by atoms with Crippen LogP contribution in [0.15, 0.2) is 71.5 Å². The first kappa shape index (κ1) is 35.8. The molecular formula is C38H41N5O9. The van der Waals surface area contributed by atoms with Gasteiger partial charge in [-0.2, -0.15) is 4.98 Å². The summed E-state index contributed by atoms with van der Waals surface area (Å²) in [5.41, 5.74) is 0.499. The van der Waals surface area contributed by atoms with Crippen LogP contribution in [0.5, 0.6) is 34.5 Å². The molecular weight excluding hydrogens is 670 g/mol. The molecule has 4 aromatic rings. The van der Waals surface area contributed by atoms with Crippen LogP contribution < -0.4 is 40.0 Å². The molecule has 52 heavy (non-hydrogen) atoms. The van der Waals surface area contributed by atoms with Crippen LogP contribution >= 0.6 is 0 Å². The number of ether oxygens (including phenoxy) is 5. The van der Waals surface area contributed by atoms with Crippen LogP contribution in [0.1, 0.15) is 40.2 Å². The molecule has 1 fully saturated rings. The second-order valence-corrected chi connectivity index (χ2v) is 12.6. The number of carbonyl (C=O) groups is 3. The van der Waals surface area contributed by atoms with Gasteiger partial charge >= 0.3 is 5.69 Å². The number of hydrogen-bond donors (Lipinski definition) is 2. The van der Waals surface area contributed by atoms with E-state index in [1.165, 1.54) is 18.8 Å². The molecule has 5 aliphatic heterocycles. The van der Waals surface area contributed by atoms with Gasteiger partial charge in [-0.1, -0.05) is 0 Å². The lowest BCUT2D eigenvalue weighted by Gasteiger charge is -2.40. The maximum atomic E-state index is 14.1. The second-order valence-electron chi connectivity index (χ2n) is 12.6. The number of benzene rings is 3. The van der Waals surface area contributed by atoms with E-state index in [0.717, 1.165) is 0 Å². The zero-order chi connectivity index (χ0) is 36.8. The van der Waals surface area contributed by atoms with Crippen LogP contribution in [0.3, 0.4) is 0 Å². The van der Waals surface area contributed by atoms with E-state index in [4.69, 9.17) is 23.7 Å². The number of hydrogen-bond acceptors (Lipinski definition) is 10. The molecule has 6 heterocycles. The van der Waals surface area contributed by atoms with E-state index >= 15 is 0 Å². The third-order valence-corrected chi connectivity index (χ3v) is 9.12. The molecule has 14 nitrogen and oxygen atoms in total. The van der Waals surface area contributed by atoms with Gasteiger partial charge in [-0.15, -0.1) is 0 Å². The van der Waals surface area contributed by atoms with Crippen molar-refractivity contribution in [3.05, 3.63) is 99.7 Å². The second kappa shape index (κ2) is 15.5. The van der Waals surface area contributed by atoms with Crippen molar-refractivity contribution in [1.29, 1.82) is 0 Å². The quantitative estimate of drug-likeness (QED) is 0.321. The number of aryl methyl sites for hydroxylation is 2. The molecule has 0 saturated carbocycles. The first-order valence-electron chi connectivity index (χ1n) is 16.9. The SMILES string of the molecule is COc1cc2ccc1CNC(=O)C1(CCN(C(=O)Cn3c(C)cc(C)nc3=O)CC1)Oc1ccc(cc1)OCCNC(=O)c1ccc(OC)c(c1)O2. The van der Waals surface area contributed by atoms with Gasteiger partial charge in [0, 0.05) is 61.1 Å². The third-order valence-electron chi connectivity index (χ3n) is 9.12. The summed E-state index contributed by atoms with van der Waals surface area (Å²) in [4.78, 5) is 58.5. The molecule has 1 spiro atoms. The Morgan fingerprint density at radius 2 is 1.58 bits per heavy atom. The van der Waals surface area contributed by atoms with Crippen LogP contribution in [0.2, 0.25) is 0 Å². The van der Waals surface area contributed by atoms with E-state index in [2.05, 4.69) is 15.6 Å². The lowest BCUT2D eigenvalue weighted by molar-refractivity contribution is -0.146. The molecule has 9 rings (SSSR count). The van der Waals surface area contributed by atoms with Crippen molar-refractivity contribution in [3.63, 3.8) is 0 Å². The number of amides is 3. The molecule has 1 saturated heterocycles. The van der Waals surface area contributed by atoms with Crippen LogP contribution in [-0.4, -0.2) is 78.2 Å². The van der Waals surface area contributed by atoms with E-state index in [1.807, 2.05) is 0 Å². The highest BCUT2D eigenvalue weighted by Crippen LogP contribution is 2.35. The van der Waals surface area contributed by atoms with Crippen LogP contribution in [-0.2, 0) is 22.7 Å². The molecule has 14 heteroatoms. The largest absolute Gasteiger partial charge is 0.496 e. The van der Waals surface area contributed by atoms with Gasteiger partial charge in [0.2, 0.25) is 5.91 Å². The van der Waals surface area contributed by atoms with Gasteiger partial charge in [0.25, 0.3) is 11.8 Å². The number of carbonyl (C=O) groups excluding carboxylic acids is 3. The number of nitrogens with one attached hydrogen (secondary N) is 2. The lowest BCUT2D eigenvalue weighted by atomic mass is 9.89. The summed E-state index contributed by atoms with van der Waals surface area (Å²) in [5, 5.41) is 5.87. The molecule has 3 aromatic carbocycles. The fourth-order valence-corrected chi connectivity index (χ4v) is 6.26. The van der Waals surface area contributed by atoms with Crippen molar-refractivity contribution >= 4 is 17.7 Å². The van der Waals surface area contributed by atoms with Gasteiger partial charge in [0.15, 0.2) is 17.1 Å². The fourth-order valence-electron chi connectivity index (χ4n) is 6.26. The van der Waals surface area contributed by atoms with Crippen molar-refractivity contribution in [3.8, 4) is 34.5 Å². The fraction of sp³-hybridized carbons (Fsp3) is 0.342. The average molecular weight is 712 g/mol. The van der Waals surface area contributed by atoms with Crippen molar-refractivity contribution in [2.75, 3.05) is 40.5 Å². The molecule has 2 N–H and O–H groups in total. The molecule has 6 bridgehead atoms. The van der Waals surface area contributed by atoms with E-state index in [1.54, 1.807) is 85.5 Å².